The van der Waals surface area contributed by atoms with Crippen LogP contribution in [0.3, 0.4) is 0 Å². The molecule has 0 spiro atoms. The predicted molar refractivity (Wildman–Crippen MR) is 265 cm³/mol. The fourth-order valence-corrected chi connectivity index (χ4v) is 8.83. The van der Waals surface area contributed by atoms with Crippen molar-refractivity contribution in [2.24, 2.45) is 0 Å². The first-order valence-corrected chi connectivity index (χ1v) is 27.8. The molecule has 1 heterocycles. The second-order valence-electron chi connectivity index (χ2n) is 18.6. The van der Waals surface area contributed by atoms with Gasteiger partial charge < -0.3 is 40.3 Å². The van der Waals surface area contributed by atoms with E-state index in [1.165, 1.54) is 154 Å². The summed E-state index contributed by atoms with van der Waals surface area (Å²) in [5.41, 5.74) is 0. The molecule has 14 heteroatoms. The van der Waals surface area contributed by atoms with Gasteiger partial charge in [0.1, 0.15) is 30.5 Å². The third kappa shape index (κ3) is 33.7. The predicted octanol–water partition coefficient (Wildman–Crippen LogP) is 10.4. The van der Waals surface area contributed by atoms with Crippen LogP contribution in [0.2, 0.25) is 0 Å². The Morgan fingerprint density at radius 2 is 1.02 bits per heavy atom. The van der Waals surface area contributed by atoms with E-state index in [9.17, 15) is 43.3 Å². The Balaban J connectivity index is 2.53. The molecular weight excluding hydrogens is 863 g/mol. The van der Waals surface area contributed by atoms with E-state index in [-0.39, 0.29) is 6.42 Å². The molecular formula is C52H97NO12S. The Labute approximate surface area is 401 Å². The summed E-state index contributed by atoms with van der Waals surface area (Å²) in [4.78, 5) is 13.2. The molecule has 1 saturated heterocycles. The number of nitrogens with one attached hydrogen (secondary N) is 1. The highest BCUT2D eigenvalue weighted by molar-refractivity contribution is 7.80. The molecule has 66 heavy (non-hydrogen) atoms. The summed E-state index contributed by atoms with van der Waals surface area (Å²) in [7, 11) is -5.13. The lowest BCUT2D eigenvalue weighted by Crippen LogP contribution is -2.61. The molecule has 1 aliphatic rings. The van der Waals surface area contributed by atoms with Crippen molar-refractivity contribution in [2.45, 2.75) is 275 Å². The summed E-state index contributed by atoms with van der Waals surface area (Å²) >= 11 is 0. The van der Waals surface area contributed by atoms with Crippen LogP contribution in [0.25, 0.3) is 0 Å². The van der Waals surface area contributed by atoms with E-state index >= 15 is 0 Å². The van der Waals surface area contributed by atoms with Crippen molar-refractivity contribution in [3.8, 4) is 0 Å². The van der Waals surface area contributed by atoms with E-state index in [4.69, 9.17) is 9.47 Å². The van der Waals surface area contributed by atoms with Gasteiger partial charge in [0.2, 0.25) is 5.91 Å². The van der Waals surface area contributed by atoms with E-state index in [1.807, 2.05) is 0 Å². The standard InChI is InChI=1S/C52H97NO12S/c1-3-5-7-9-11-13-15-17-19-21-23-25-27-29-31-33-35-37-39-41-46(56)51(59)53-44(43-63-52-49(58)50(65-66(60,61)62)48(57)47(42-54)64-52)45(55)40-38-36-34-32-30-28-26-24-22-20-18-16-14-12-10-8-6-4-2/h22,24,30,32,38,40,44-50,52,54-58H,3-21,23,25-29,31,33-37,39,41-43H2,1-2H3,(H,53,59)(H,60,61,62)/b24-22+,32-30+,40-38+. The smallest absolute Gasteiger partial charge is 0.394 e. The molecule has 0 aromatic carbocycles. The largest absolute Gasteiger partial charge is 0.397 e. The van der Waals surface area contributed by atoms with Crippen molar-refractivity contribution in [1.29, 1.82) is 0 Å². The van der Waals surface area contributed by atoms with Gasteiger partial charge in [0.25, 0.3) is 0 Å². The van der Waals surface area contributed by atoms with Gasteiger partial charge in [-0.2, -0.15) is 8.42 Å². The van der Waals surface area contributed by atoms with Gasteiger partial charge in [-0.05, 0) is 44.9 Å². The summed E-state index contributed by atoms with van der Waals surface area (Å²) in [6, 6.07) is -1.14. The second kappa shape index (κ2) is 42.2. The molecule has 13 nitrogen and oxygen atoms in total. The topological polar surface area (TPSA) is 212 Å². The molecule has 0 radical (unpaired) electrons. The summed E-state index contributed by atoms with van der Waals surface area (Å²) < 4.78 is 47.6. The van der Waals surface area contributed by atoms with Gasteiger partial charge >= 0.3 is 10.4 Å². The lowest BCUT2D eigenvalue weighted by atomic mass is 9.99. The first-order valence-electron chi connectivity index (χ1n) is 26.5. The minimum absolute atomic E-state index is 0.237. The first-order chi connectivity index (χ1) is 31.9. The number of aliphatic hydroxyl groups excluding tert-OH is 5. The normalized spacial score (nSPS) is 20.8. The molecule has 388 valence electrons. The molecule has 0 aromatic heterocycles. The van der Waals surface area contributed by atoms with Gasteiger partial charge in [-0.15, -0.1) is 0 Å². The quantitative estimate of drug-likeness (QED) is 0.0173. The number of aliphatic hydroxyl groups is 5. The van der Waals surface area contributed by atoms with Crippen molar-refractivity contribution < 1.29 is 57.0 Å². The number of allylic oxidation sites excluding steroid dienone is 5. The summed E-state index contributed by atoms with van der Waals surface area (Å²) in [5.74, 6) is -0.713. The lowest BCUT2D eigenvalue weighted by Gasteiger charge is -2.41. The monoisotopic (exact) mass is 960 g/mol. The average Bonchev–Trinajstić information content (AvgIpc) is 3.29. The van der Waals surface area contributed by atoms with Gasteiger partial charge in [0.05, 0.1) is 25.4 Å². The molecule has 8 atom stereocenters. The van der Waals surface area contributed by atoms with E-state index in [1.54, 1.807) is 6.08 Å². The maximum Gasteiger partial charge on any atom is 0.397 e. The molecule has 1 fully saturated rings. The molecule has 1 aliphatic heterocycles. The Hall–Kier alpha value is -1.72. The van der Waals surface area contributed by atoms with Gasteiger partial charge in [0, 0.05) is 0 Å². The van der Waals surface area contributed by atoms with Crippen LogP contribution in [0, 0.1) is 0 Å². The van der Waals surface area contributed by atoms with Crippen LogP contribution in [0.5, 0.6) is 0 Å². The molecule has 1 amide bonds. The van der Waals surface area contributed by atoms with Crippen LogP contribution in [0.4, 0.5) is 0 Å². The average molecular weight is 960 g/mol. The number of ether oxygens (including phenoxy) is 2. The zero-order chi connectivity index (χ0) is 48.5. The minimum atomic E-state index is -5.13. The maximum absolute atomic E-state index is 13.2. The van der Waals surface area contributed by atoms with Crippen molar-refractivity contribution in [3.05, 3.63) is 36.5 Å². The highest BCUT2D eigenvalue weighted by atomic mass is 32.3. The van der Waals surface area contributed by atoms with Gasteiger partial charge in [0.15, 0.2) is 6.29 Å². The number of unbranched alkanes of at least 4 members (excludes halogenated alkanes) is 28. The number of carbonyl (C=O) groups excluding carboxylic acids is 1. The number of amides is 1. The van der Waals surface area contributed by atoms with Crippen LogP contribution < -0.4 is 5.32 Å². The number of hydrogen-bond donors (Lipinski definition) is 7. The van der Waals surface area contributed by atoms with Gasteiger partial charge in [-0.25, -0.2) is 4.18 Å². The molecule has 1 rings (SSSR count). The maximum atomic E-state index is 13.2. The highest BCUT2D eigenvalue weighted by Gasteiger charge is 2.48. The van der Waals surface area contributed by atoms with Crippen LogP contribution in [0.1, 0.15) is 226 Å². The number of carbonyl (C=O) groups is 1. The minimum Gasteiger partial charge on any atom is -0.394 e. The Morgan fingerprint density at radius 1 is 0.606 bits per heavy atom. The van der Waals surface area contributed by atoms with Crippen molar-refractivity contribution in [2.75, 3.05) is 13.2 Å². The summed E-state index contributed by atoms with van der Waals surface area (Å²) in [6.07, 6.45) is 39.4. The van der Waals surface area contributed by atoms with E-state index in [0.717, 1.165) is 44.9 Å². The zero-order valence-electron chi connectivity index (χ0n) is 41.4. The Morgan fingerprint density at radius 3 is 1.45 bits per heavy atom. The van der Waals surface area contributed by atoms with Crippen molar-refractivity contribution >= 4 is 16.3 Å². The van der Waals surface area contributed by atoms with Crippen LogP contribution in [0.15, 0.2) is 36.5 Å². The Bertz CT molecular complexity index is 1330. The fourth-order valence-electron chi connectivity index (χ4n) is 8.32. The summed E-state index contributed by atoms with van der Waals surface area (Å²) in [5, 5.41) is 55.4. The fraction of sp³-hybridized carbons (Fsp3) is 0.865. The van der Waals surface area contributed by atoms with E-state index in [2.05, 4.69) is 47.7 Å². The second-order valence-corrected chi connectivity index (χ2v) is 19.6. The third-order valence-corrected chi connectivity index (χ3v) is 13.0. The van der Waals surface area contributed by atoms with Crippen LogP contribution >= 0.6 is 0 Å². The molecule has 0 saturated carbocycles. The van der Waals surface area contributed by atoms with Crippen molar-refractivity contribution in [3.63, 3.8) is 0 Å². The summed E-state index contributed by atoms with van der Waals surface area (Å²) in [6.45, 7) is 3.22. The molecule has 0 bridgehead atoms. The van der Waals surface area contributed by atoms with E-state index < -0.39 is 78.5 Å². The SMILES string of the molecule is CCCCCCCCCC/C=C/CC/C=C/CC/C=C/C(O)C(COC1OC(CO)C(O)C(OS(=O)(=O)O)C1O)NC(=O)C(O)CCCCCCCCCCCCCCCCCCCCC. The number of hydrogen-bond acceptors (Lipinski definition) is 11. The third-order valence-electron chi connectivity index (χ3n) is 12.5. The van der Waals surface area contributed by atoms with E-state index in [0.29, 0.717) is 12.8 Å². The molecule has 8 unspecified atom stereocenters. The highest BCUT2D eigenvalue weighted by Crippen LogP contribution is 2.26. The first kappa shape index (κ1) is 62.3. The molecule has 7 N–H and O–H groups in total. The molecule has 0 aliphatic carbocycles. The van der Waals surface area contributed by atoms with Crippen LogP contribution in [-0.2, 0) is 28.9 Å². The lowest BCUT2D eigenvalue weighted by molar-refractivity contribution is -0.298. The van der Waals surface area contributed by atoms with Gasteiger partial charge in [-0.1, -0.05) is 217 Å². The zero-order valence-corrected chi connectivity index (χ0v) is 42.2. The van der Waals surface area contributed by atoms with Crippen LogP contribution in [-0.4, -0.2) is 107 Å². The Kier molecular flexibility index (Phi) is 39.8. The molecule has 0 aromatic rings. The van der Waals surface area contributed by atoms with Gasteiger partial charge in [-0.3, -0.25) is 9.35 Å². The number of rotatable bonds is 45. The van der Waals surface area contributed by atoms with Crippen molar-refractivity contribution in [1.82, 2.24) is 5.32 Å².